The maximum atomic E-state index is 12.6. The maximum Gasteiger partial charge on any atom is 0.255 e. The Morgan fingerprint density at radius 1 is 1.10 bits per heavy atom. The van der Waals surface area contributed by atoms with Crippen LogP contribution in [0.2, 0.25) is 0 Å². The molecule has 3 aromatic rings. The normalized spacial score (nSPS) is 10.9. The molecule has 0 unspecified atom stereocenters. The molecule has 1 aromatic heterocycles. The number of carbonyl (C=O) groups is 1. The van der Waals surface area contributed by atoms with Gasteiger partial charge in [0.15, 0.2) is 5.16 Å². The summed E-state index contributed by atoms with van der Waals surface area (Å²) in [5.74, 6) is 0.784. The third kappa shape index (κ3) is 5.57. The Morgan fingerprint density at radius 2 is 1.79 bits per heavy atom. The summed E-state index contributed by atoms with van der Waals surface area (Å²) in [6.07, 6.45) is -0.00969. The SMILES string of the molecule is Cc1nc(SCc2ccccc2)[nH]c(=O)c1CC(=O)Nc1ccccc1C(C)C. The summed E-state index contributed by atoms with van der Waals surface area (Å²) < 4.78 is 0. The predicted molar refractivity (Wildman–Crippen MR) is 118 cm³/mol. The Labute approximate surface area is 175 Å². The third-order valence-corrected chi connectivity index (χ3v) is 5.56. The summed E-state index contributed by atoms with van der Waals surface area (Å²) in [5.41, 5.74) is 3.72. The first-order valence-corrected chi connectivity index (χ1v) is 10.6. The highest BCUT2D eigenvalue weighted by Crippen LogP contribution is 2.24. The van der Waals surface area contributed by atoms with Crippen molar-refractivity contribution in [3.05, 3.63) is 87.3 Å². The Bertz CT molecular complexity index is 1050. The smallest absolute Gasteiger partial charge is 0.255 e. The zero-order valence-electron chi connectivity index (χ0n) is 16.9. The molecule has 0 spiro atoms. The quantitative estimate of drug-likeness (QED) is 0.441. The van der Waals surface area contributed by atoms with E-state index in [-0.39, 0.29) is 17.9 Å². The van der Waals surface area contributed by atoms with Crippen molar-refractivity contribution in [2.45, 2.75) is 44.0 Å². The van der Waals surface area contributed by atoms with E-state index in [0.29, 0.717) is 22.3 Å². The van der Waals surface area contributed by atoms with Crippen LogP contribution in [0, 0.1) is 6.92 Å². The van der Waals surface area contributed by atoms with E-state index in [2.05, 4.69) is 29.1 Å². The second-order valence-corrected chi connectivity index (χ2v) is 8.14. The molecule has 0 radical (unpaired) electrons. The average molecular weight is 408 g/mol. The molecule has 0 atom stereocenters. The Kier molecular flexibility index (Phi) is 6.88. The van der Waals surface area contributed by atoms with Gasteiger partial charge in [0.1, 0.15) is 0 Å². The van der Waals surface area contributed by atoms with Gasteiger partial charge in [-0.05, 0) is 30.0 Å². The van der Waals surface area contributed by atoms with Crippen LogP contribution in [0.5, 0.6) is 0 Å². The fraction of sp³-hybridized carbons (Fsp3) is 0.261. The van der Waals surface area contributed by atoms with Crippen LogP contribution >= 0.6 is 11.8 Å². The molecule has 150 valence electrons. The van der Waals surface area contributed by atoms with Gasteiger partial charge in [0, 0.05) is 22.7 Å². The number of aromatic amines is 1. The molecule has 0 aliphatic heterocycles. The van der Waals surface area contributed by atoms with E-state index in [1.54, 1.807) is 6.92 Å². The van der Waals surface area contributed by atoms with Gasteiger partial charge in [-0.1, -0.05) is 74.1 Å². The zero-order valence-corrected chi connectivity index (χ0v) is 17.7. The molecule has 5 nitrogen and oxygen atoms in total. The van der Waals surface area contributed by atoms with Gasteiger partial charge < -0.3 is 10.3 Å². The number of carbonyl (C=O) groups excluding carboxylic acids is 1. The maximum absolute atomic E-state index is 12.6. The number of aromatic nitrogens is 2. The molecule has 2 N–H and O–H groups in total. The highest BCUT2D eigenvalue weighted by molar-refractivity contribution is 7.98. The van der Waals surface area contributed by atoms with Crippen LogP contribution in [-0.4, -0.2) is 15.9 Å². The largest absolute Gasteiger partial charge is 0.326 e. The second-order valence-electron chi connectivity index (χ2n) is 7.18. The van der Waals surface area contributed by atoms with E-state index < -0.39 is 0 Å². The van der Waals surface area contributed by atoms with E-state index in [4.69, 9.17) is 0 Å². The number of nitrogens with one attached hydrogen (secondary N) is 2. The number of anilines is 1. The molecule has 0 saturated heterocycles. The number of thioether (sulfide) groups is 1. The van der Waals surface area contributed by atoms with E-state index in [0.717, 1.165) is 22.6 Å². The molecule has 6 heteroatoms. The van der Waals surface area contributed by atoms with Gasteiger partial charge >= 0.3 is 0 Å². The molecule has 29 heavy (non-hydrogen) atoms. The van der Waals surface area contributed by atoms with Gasteiger partial charge in [0.05, 0.1) is 6.42 Å². The van der Waals surface area contributed by atoms with Crippen LogP contribution in [0.1, 0.15) is 42.1 Å². The molecule has 0 aliphatic rings. The van der Waals surface area contributed by atoms with Crippen molar-refractivity contribution >= 4 is 23.4 Å². The highest BCUT2D eigenvalue weighted by Gasteiger charge is 2.15. The number of amides is 1. The molecule has 0 saturated carbocycles. The standard InChI is InChI=1S/C23H25N3O2S/c1-15(2)18-11-7-8-12-20(18)25-21(27)13-19-16(3)24-23(26-22(19)28)29-14-17-9-5-4-6-10-17/h4-12,15H,13-14H2,1-3H3,(H,25,27)(H,24,26,28). The number of hydrogen-bond donors (Lipinski definition) is 2. The molecule has 1 heterocycles. The van der Waals surface area contributed by atoms with Crippen LogP contribution in [0.25, 0.3) is 0 Å². The predicted octanol–water partition coefficient (Wildman–Crippen LogP) is 4.68. The molecule has 1 amide bonds. The van der Waals surface area contributed by atoms with Crippen molar-refractivity contribution in [3.63, 3.8) is 0 Å². The lowest BCUT2D eigenvalue weighted by Gasteiger charge is -2.14. The van der Waals surface area contributed by atoms with Gasteiger partial charge in [-0.3, -0.25) is 9.59 Å². The van der Waals surface area contributed by atoms with Crippen LogP contribution < -0.4 is 10.9 Å². The van der Waals surface area contributed by atoms with Gasteiger partial charge in [-0.2, -0.15) is 0 Å². The van der Waals surface area contributed by atoms with Crippen molar-refractivity contribution in [1.29, 1.82) is 0 Å². The van der Waals surface area contributed by atoms with E-state index in [1.165, 1.54) is 11.8 Å². The van der Waals surface area contributed by atoms with Crippen molar-refractivity contribution in [2.24, 2.45) is 0 Å². The molecule has 3 rings (SSSR count). The molecular formula is C23H25N3O2S. The Hall–Kier alpha value is -2.86. The molecule has 2 aromatic carbocycles. The van der Waals surface area contributed by atoms with Crippen LogP contribution in [-0.2, 0) is 17.0 Å². The number of nitrogens with zero attached hydrogens (tertiary/aromatic N) is 1. The third-order valence-electron chi connectivity index (χ3n) is 4.61. The molecule has 0 aliphatic carbocycles. The summed E-state index contributed by atoms with van der Waals surface area (Å²) >= 11 is 1.47. The average Bonchev–Trinajstić information content (AvgIpc) is 2.70. The first kappa shape index (κ1) is 20.9. The fourth-order valence-corrected chi connectivity index (χ4v) is 3.92. The van der Waals surface area contributed by atoms with Crippen LogP contribution in [0.3, 0.4) is 0 Å². The minimum Gasteiger partial charge on any atom is -0.326 e. The van der Waals surface area contributed by atoms with Crippen molar-refractivity contribution in [3.8, 4) is 0 Å². The van der Waals surface area contributed by atoms with Crippen molar-refractivity contribution < 1.29 is 4.79 Å². The van der Waals surface area contributed by atoms with Gasteiger partial charge in [0.2, 0.25) is 5.91 Å². The zero-order chi connectivity index (χ0) is 20.8. The lowest BCUT2D eigenvalue weighted by molar-refractivity contribution is -0.115. The number of para-hydroxylation sites is 1. The second kappa shape index (κ2) is 9.56. The van der Waals surface area contributed by atoms with Crippen molar-refractivity contribution in [2.75, 3.05) is 5.32 Å². The number of aryl methyl sites for hydroxylation is 1. The van der Waals surface area contributed by atoms with Crippen LogP contribution in [0.15, 0.2) is 64.5 Å². The number of rotatable bonds is 7. The summed E-state index contributed by atoms with van der Waals surface area (Å²) in [7, 11) is 0. The van der Waals surface area contributed by atoms with Gasteiger partial charge in [-0.15, -0.1) is 0 Å². The number of hydrogen-bond acceptors (Lipinski definition) is 4. The van der Waals surface area contributed by atoms with Crippen molar-refractivity contribution in [1.82, 2.24) is 9.97 Å². The lowest BCUT2D eigenvalue weighted by atomic mass is 10.0. The fourth-order valence-electron chi connectivity index (χ4n) is 3.06. The minimum atomic E-state index is -0.264. The molecular weight excluding hydrogens is 382 g/mol. The van der Waals surface area contributed by atoms with Gasteiger partial charge in [0.25, 0.3) is 5.56 Å². The van der Waals surface area contributed by atoms with E-state index in [1.807, 2.05) is 54.6 Å². The number of benzene rings is 2. The highest BCUT2D eigenvalue weighted by atomic mass is 32.2. The summed E-state index contributed by atoms with van der Waals surface area (Å²) in [6, 6.07) is 17.7. The first-order chi connectivity index (χ1) is 13.9. The summed E-state index contributed by atoms with van der Waals surface area (Å²) in [4.78, 5) is 32.4. The minimum absolute atomic E-state index is 0.00969. The first-order valence-electron chi connectivity index (χ1n) is 9.59. The van der Waals surface area contributed by atoms with E-state index >= 15 is 0 Å². The lowest BCUT2D eigenvalue weighted by Crippen LogP contribution is -2.24. The molecule has 0 bridgehead atoms. The van der Waals surface area contributed by atoms with E-state index in [9.17, 15) is 9.59 Å². The Balaban J connectivity index is 1.70. The Morgan fingerprint density at radius 3 is 2.48 bits per heavy atom. The molecule has 0 fully saturated rings. The summed E-state index contributed by atoms with van der Waals surface area (Å²) in [5, 5.41) is 3.49. The van der Waals surface area contributed by atoms with Gasteiger partial charge in [-0.25, -0.2) is 4.98 Å². The van der Waals surface area contributed by atoms with Crippen LogP contribution in [0.4, 0.5) is 5.69 Å². The topological polar surface area (TPSA) is 74.8 Å². The monoisotopic (exact) mass is 407 g/mol. The number of H-pyrrole nitrogens is 1. The summed E-state index contributed by atoms with van der Waals surface area (Å²) in [6.45, 7) is 5.93.